The second kappa shape index (κ2) is 10.8. The highest BCUT2D eigenvalue weighted by molar-refractivity contribution is 8.27. The van der Waals surface area contributed by atoms with Crippen molar-refractivity contribution in [2.45, 2.75) is 13.5 Å². The summed E-state index contributed by atoms with van der Waals surface area (Å²) in [5.41, 5.74) is 3.82. The Balaban J connectivity index is 1.31. The van der Waals surface area contributed by atoms with E-state index in [0.717, 1.165) is 16.9 Å². The maximum absolute atomic E-state index is 13.3. The molecule has 5 rings (SSSR count). The van der Waals surface area contributed by atoms with E-state index in [9.17, 15) is 4.79 Å². The van der Waals surface area contributed by atoms with Crippen molar-refractivity contribution in [1.29, 1.82) is 0 Å². The summed E-state index contributed by atoms with van der Waals surface area (Å²) in [6.07, 6.45) is 1.84. The summed E-state index contributed by atoms with van der Waals surface area (Å²) in [6, 6.07) is 32.8. The number of para-hydroxylation sites is 2. The molecule has 0 unspecified atom stereocenters. The van der Waals surface area contributed by atoms with Gasteiger partial charge >= 0.3 is 0 Å². The van der Waals surface area contributed by atoms with E-state index in [2.05, 4.69) is 31.2 Å². The topological polar surface area (TPSA) is 38.8 Å². The highest BCUT2D eigenvalue weighted by atomic mass is 32.2. The van der Waals surface area contributed by atoms with Crippen molar-refractivity contribution >= 4 is 46.0 Å². The number of amides is 1. The Morgan fingerprint density at radius 2 is 1.50 bits per heavy atom. The van der Waals surface area contributed by atoms with Crippen LogP contribution in [0, 0.1) is 6.92 Å². The van der Waals surface area contributed by atoms with Crippen molar-refractivity contribution in [3.63, 3.8) is 0 Å². The van der Waals surface area contributed by atoms with Gasteiger partial charge in [-0.1, -0.05) is 90.2 Å². The zero-order valence-electron chi connectivity index (χ0n) is 19.6. The quantitative estimate of drug-likeness (QED) is 0.188. The first kappa shape index (κ1) is 23.9. The Morgan fingerprint density at radius 1 is 0.833 bits per heavy atom. The summed E-state index contributed by atoms with van der Waals surface area (Å²) in [7, 11) is 0. The van der Waals surface area contributed by atoms with Gasteiger partial charge in [-0.25, -0.2) is 0 Å². The second-order valence-corrected chi connectivity index (χ2v) is 9.91. The number of aryl methyl sites for hydroxylation is 1. The largest absolute Gasteiger partial charge is 0.488 e. The number of thiocarbonyl (C=S) groups is 1. The molecule has 1 aliphatic heterocycles. The molecule has 1 fully saturated rings. The van der Waals surface area contributed by atoms with E-state index in [0.29, 0.717) is 33.0 Å². The van der Waals surface area contributed by atoms with Crippen molar-refractivity contribution < 1.29 is 14.3 Å². The van der Waals surface area contributed by atoms with Crippen LogP contribution in [-0.4, -0.2) is 10.2 Å². The molecule has 0 saturated carbocycles. The second-order valence-electron chi connectivity index (χ2n) is 8.24. The molecule has 0 bridgehead atoms. The number of carbonyl (C=O) groups is 1. The molecule has 0 aromatic heterocycles. The molecule has 178 valence electrons. The van der Waals surface area contributed by atoms with Gasteiger partial charge in [0.1, 0.15) is 23.9 Å². The van der Waals surface area contributed by atoms with Gasteiger partial charge in [0.25, 0.3) is 5.91 Å². The minimum Gasteiger partial charge on any atom is -0.488 e. The zero-order chi connectivity index (χ0) is 24.9. The molecule has 4 aromatic rings. The molecule has 6 heteroatoms. The lowest BCUT2D eigenvalue weighted by molar-refractivity contribution is -0.113. The lowest BCUT2D eigenvalue weighted by Crippen LogP contribution is -2.27. The van der Waals surface area contributed by atoms with E-state index >= 15 is 0 Å². The molecule has 0 atom stereocenters. The van der Waals surface area contributed by atoms with Gasteiger partial charge in [0.05, 0.1) is 10.6 Å². The highest BCUT2D eigenvalue weighted by Crippen LogP contribution is 2.38. The molecule has 1 amide bonds. The smallest absolute Gasteiger partial charge is 0.270 e. The van der Waals surface area contributed by atoms with E-state index in [4.69, 9.17) is 21.7 Å². The van der Waals surface area contributed by atoms with Gasteiger partial charge in [-0.15, -0.1) is 0 Å². The third-order valence-electron chi connectivity index (χ3n) is 5.59. The van der Waals surface area contributed by atoms with Gasteiger partial charge in [-0.05, 0) is 61.0 Å². The van der Waals surface area contributed by atoms with Crippen LogP contribution in [0.4, 0.5) is 5.69 Å². The van der Waals surface area contributed by atoms with Gasteiger partial charge < -0.3 is 9.47 Å². The minimum atomic E-state index is -0.157. The van der Waals surface area contributed by atoms with E-state index in [-0.39, 0.29) is 5.91 Å². The summed E-state index contributed by atoms with van der Waals surface area (Å²) < 4.78 is 12.4. The molecule has 0 spiro atoms. The number of hydrogen-bond acceptors (Lipinski definition) is 5. The Labute approximate surface area is 220 Å². The van der Waals surface area contributed by atoms with E-state index < -0.39 is 0 Å². The first-order chi connectivity index (χ1) is 17.6. The third-order valence-corrected chi connectivity index (χ3v) is 6.89. The Hall–Kier alpha value is -3.87. The molecule has 0 radical (unpaired) electrons. The first-order valence-electron chi connectivity index (χ1n) is 11.5. The fraction of sp³-hybridized carbons (Fsp3) is 0.0667. The third kappa shape index (κ3) is 5.51. The predicted molar refractivity (Wildman–Crippen MR) is 151 cm³/mol. The zero-order valence-corrected chi connectivity index (χ0v) is 21.2. The summed E-state index contributed by atoms with van der Waals surface area (Å²) in [6.45, 7) is 2.51. The van der Waals surface area contributed by atoms with Crippen LogP contribution in [0.15, 0.2) is 108 Å². The van der Waals surface area contributed by atoms with Crippen molar-refractivity contribution in [1.82, 2.24) is 0 Å². The lowest BCUT2D eigenvalue weighted by Gasteiger charge is -2.15. The van der Waals surface area contributed by atoms with Crippen LogP contribution < -0.4 is 14.4 Å². The molecule has 1 aliphatic rings. The van der Waals surface area contributed by atoms with Gasteiger partial charge in [-0.3, -0.25) is 9.69 Å². The van der Waals surface area contributed by atoms with Crippen LogP contribution in [0.3, 0.4) is 0 Å². The van der Waals surface area contributed by atoms with Crippen LogP contribution in [-0.2, 0) is 11.4 Å². The van der Waals surface area contributed by atoms with E-state index in [1.807, 2.05) is 84.9 Å². The summed E-state index contributed by atoms with van der Waals surface area (Å²) in [4.78, 5) is 15.4. The average molecular weight is 510 g/mol. The maximum Gasteiger partial charge on any atom is 0.270 e. The van der Waals surface area contributed by atoms with Crippen LogP contribution in [0.25, 0.3) is 6.08 Å². The Kier molecular flexibility index (Phi) is 7.16. The van der Waals surface area contributed by atoms with Crippen LogP contribution in [0.1, 0.15) is 16.7 Å². The van der Waals surface area contributed by atoms with Crippen molar-refractivity contribution in [2.24, 2.45) is 0 Å². The lowest BCUT2D eigenvalue weighted by atomic mass is 10.1. The molecule has 1 heterocycles. The predicted octanol–water partition coefficient (Wildman–Crippen LogP) is 7.77. The molecular formula is C30H23NO3S2. The van der Waals surface area contributed by atoms with Crippen LogP contribution >= 0.6 is 24.0 Å². The average Bonchev–Trinajstić information content (AvgIpc) is 3.18. The number of carbonyl (C=O) groups excluding carboxylic acids is 1. The minimum absolute atomic E-state index is 0.157. The number of hydrogen-bond donors (Lipinski definition) is 0. The Morgan fingerprint density at radius 3 is 2.25 bits per heavy atom. The monoisotopic (exact) mass is 509 g/mol. The summed E-state index contributed by atoms with van der Waals surface area (Å²) in [5.74, 6) is 1.99. The van der Waals surface area contributed by atoms with Crippen molar-refractivity contribution in [3.05, 3.63) is 125 Å². The normalized spacial score (nSPS) is 14.4. The van der Waals surface area contributed by atoms with Crippen molar-refractivity contribution in [2.75, 3.05) is 4.90 Å². The maximum atomic E-state index is 13.3. The number of rotatable bonds is 7. The summed E-state index contributed by atoms with van der Waals surface area (Å²) >= 11 is 6.84. The molecule has 0 N–H and O–H groups in total. The van der Waals surface area contributed by atoms with Gasteiger partial charge in [-0.2, -0.15) is 0 Å². The SMILES string of the molecule is Cc1ccc(COc2ccccc2/C=C2\SC(=S)N(c3ccc(Oc4ccccc4)cc3)C2=O)cc1. The fourth-order valence-electron chi connectivity index (χ4n) is 3.70. The summed E-state index contributed by atoms with van der Waals surface area (Å²) in [5, 5.41) is 0. The molecule has 0 aliphatic carbocycles. The molecular weight excluding hydrogens is 486 g/mol. The molecule has 4 aromatic carbocycles. The van der Waals surface area contributed by atoms with Gasteiger partial charge in [0, 0.05) is 5.56 Å². The standard InChI is InChI=1S/C30H23NO3S2/c1-21-11-13-22(14-12-21)20-33-27-10-6-5-7-23(27)19-28-29(32)31(30(35)36-28)24-15-17-26(18-16-24)34-25-8-3-2-4-9-25/h2-19H,20H2,1H3/b28-19-. The van der Waals surface area contributed by atoms with Crippen LogP contribution in [0.5, 0.6) is 17.2 Å². The van der Waals surface area contributed by atoms with E-state index in [1.165, 1.54) is 17.3 Å². The number of anilines is 1. The highest BCUT2D eigenvalue weighted by Gasteiger charge is 2.33. The van der Waals surface area contributed by atoms with Gasteiger partial charge in [0.15, 0.2) is 4.32 Å². The Bertz CT molecular complexity index is 1420. The molecule has 1 saturated heterocycles. The van der Waals surface area contributed by atoms with Crippen molar-refractivity contribution in [3.8, 4) is 17.2 Å². The fourth-order valence-corrected chi connectivity index (χ4v) is 4.99. The molecule has 36 heavy (non-hydrogen) atoms. The number of thioether (sulfide) groups is 1. The first-order valence-corrected chi connectivity index (χ1v) is 12.7. The number of nitrogens with zero attached hydrogens (tertiary/aromatic N) is 1. The number of benzene rings is 4. The number of ether oxygens (including phenoxy) is 2. The van der Waals surface area contributed by atoms with Crippen LogP contribution in [0.2, 0.25) is 0 Å². The van der Waals surface area contributed by atoms with Gasteiger partial charge in [0.2, 0.25) is 0 Å². The molecule has 4 nitrogen and oxygen atoms in total. The van der Waals surface area contributed by atoms with E-state index in [1.54, 1.807) is 4.90 Å².